The second-order valence-corrected chi connectivity index (χ2v) is 7.31. The summed E-state index contributed by atoms with van der Waals surface area (Å²) in [5, 5.41) is 10.7. The Bertz CT molecular complexity index is 950. The molecule has 1 aromatic heterocycles. The molecule has 2 heterocycles. The predicted octanol–water partition coefficient (Wildman–Crippen LogP) is 2.88. The summed E-state index contributed by atoms with van der Waals surface area (Å²) >= 11 is 0. The van der Waals surface area contributed by atoms with E-state index in [1.54, 1.807) is 41.5 Å². The van der Waals surface area contributed by atoms with Crippen LogP contribution in [0.1, 0.15) is 36.7 Å². The van der Waals surface area contributed by atoms with Crippen LogP contribution in [0.25, 0.3) is 0 Å². The maximum absolute atomic E-state index is 13.6. The average Bonchev–Trinajstić information content (AvgIpc) is 2.72. The number of hydrogen-bond donors (Lipinski definition) is 1. The number of halogens is 1. The number of aromatic nitrogens is 1. The zero-order chi connectivity index (χ0) is 21.8. The summed E-state index contributed by atoms with van der Waals surface area (Å²) < 4.78 is 20.2. The minimum absolute atomic E-state index is 0.0793. The van der Waals surface area contributed by atoms with Crippen molar-refractivity contribution in [2.75, 3.05) is 32.8 Å². The molecule has 0 aliphatic carbocycles. The normalized spacial score (nSPS) is 15.8. The molecular formula is C22H28FN3O4. The number of amides is 1. The van der Waals surface area contributed by atoms with Gasteiger partial charge < -0.3 is 19.3 Å². The lowest BCUT2D eigenvalue weighted by Gasteiger charge is -2.39. The summed E-state index contributed by atoms with van der Waals surface area (Å²) in [6, 6.07) is 6.99. The van der Waals surface area contributed by atoms with Crippen LogP contribution in [0.3, 0.4) is 0 Å². The molecule has 1 saturated heterocycles. The van der Waals surface area contributed by atoms with Gasteiger partial charge in [0.1, 0.15) is 11.6 Å². The average molecular weight is 417 g/mol. The molecule has 1 aliphatic rings. The zero-order valence-electron chi connectivity index (χ0n) is 17.6. The third-order valence-electron chi connectivity index (χ3n) is 5.50. The van der Waals surface area contributed by atoms with E-state index < -0.39 is 6.04 Å². The van der Waals surface area contributed by atoms with Crippen LogP contribution in [0.5, 0.6) is 5.75 Å². The Kier molecular flexibility index (Phi) is 6.77. The van der Waals surface area contributed by atoms with Crippen LogP contribution in [0.15, 0.2) is 35.1 Å². The highest BCUT2D eigenvalue weighted by molar-refractivity contribution is 5.67. The maximum Gasteiger partial charge on any atom is 0.409 e. The molecule has 1 atom stereocenters. The molecule has 1 aliphatic heterocycles. The van der Waals surface area contributed by atoms with Gasteiger partial charge in [0.25, 0.3) is 5.56 Å². The van der Waals surface area contributed by atoms with Gasteiger partial charge in [0.15, 0.2) is 0 Å². The fourth-order valence-corrected chi connectivity index (χ4v) is 4.00. The van der Waals surface area contributed by atoms with Gasteiger partial charge in [-0.15, -0.1) is 0 Å². The Morgan fingerprint density at radius 3 is 2.37 bits per heavy atom. The molecular weight excluding hydrogens is 389 g/mol. The number of carbonyl (C=O) groups excluding carboxylic acids is 1. The van der Waals surface area contributed by atoms with Crippen LogP contribution in [0.2, 0.25) is 0 Å². The molecule has 8 heteroatoms. The Morgan fingerprint density at radius 2 is 1.80 bits per heavy atom. The number of aryl methyl sites for hydroxylation is 1. The lowest BCUT2D eigenvalue weighted by molar-refractivity contribution is 0.0709. The molecule has 0 saturated carbocycles. The van der Waals surface area contributed by atoms with E-state index in [1.807, 2.05) is 11.8 Å². The van der Waals surface area contributed by atoms with E-state index in [0.717, 1.165) is 0 Å². The number of carbonyl (C=O) groups is 1. The smallest absolute Gasteiger partial charge is 0.409 e. The molecule has 2 aromatic rings. The van der Waals surface area contributed by atoms with Gasteiger partial charge in [-0.2, -0.15) is 0 Å². The fourth-order valence-electron chi connectivity index (χ4n) is 4.00. The Hall–Kier alpha value is -2.87. The first-order chi connectivity index (χ1) is 14.4. The number of benzene rings is 1. The molecule has 0 spiro atoms. The molecule has 7 nitrogen and oxygen atoms in total. The summed E-state index contributed by atoms with van der Waals surface area (Å²) in [5.74, 6) is -0.451. The first kappa shape index (κ1) is 21.8. The van der Waals surface area contributed by atoms with Gasteiger partial charge in [-0.3, -0.25) is 9.69 Å². The molecule has 0 bridgehead atoms. The lowest BCUT2D eigenvalue weighted by Crippen LogP contribution is -2.50. The summed E-state index contributed by atoms with van der Waals surface area (Å²) in [4.78, 5) is 28.9. The highest BCUT2D eigenvalue weighted by Crippen LogP contribution is 2.33. The van der Waals surface area contributed by atoms with Gasteiger partial charge in [-0.05, 0) is 44.5 Å². The minimum Gasteiger partial charge on any atom is -0.507 e. The van der Waals surface area contributed by atoms with Crippen molar-refractivity contribution >= 4 is 6.09 Å². The highest BCUT2D eigenvalue weighted by atomic mass is 19.1. The number of nitrogens with zero attached hydrogens (tertiary/aromatic N) is 3. The Balaban J connectivity index is 2.01. The van der Waals surface area contributed by atoms with Gasteiger partial charge >= 0.3 is 6.09 Å². The molecule has 1 fully saturated rings. The van der Waals surface area contributed by atoms with Crippen molar-refractivity contribution in [3.8, 4) is 5.75 Å². The summed E-state index contributed by atoms with van der Waals surface area (Å²) in [6.07, 6.45) is -0.359. The van der Waals surface area contributed by atoms with Crippen molar-refractivity contribution in [3.05, 3.63) is 63.3 Å². The number of pyridine rings is 1. The first-order valence-electron chi connectivity index (χ1n) is 10.2. The molecule has 1 amide bonds. The summed E-state index contributed by atoms with van der Waals surface area (Å²) in [5.41, 5.74) is 1.38. The molecule has 1 N–H and O–H groups in total. The van der Waals surface area contributed by atoms with E-state index >= 15 is 0 Å². The first-order valence-corrected chi connectivity index (χ1v) is 10.2. The van der Waals surface area contributed by atoms with Crippen LogP contribution in [0, 0.1) is 12.7 Å². The van der Waals surface area contributed by atoms with Crippen molar-refractivity contribution in [1.29, 1.82) is 0 Å². The fraction of sp³-hybridized carbons (Fsp3) is 0.455. The Morgan fingerprint density at radius 1 is 1.17 bits per heavy atom. The van der Waals surface area contributed by atoms with Gasteiger partial charge in [-0.25, -0.2) is 9.18 Å². The summed E-state index contributed by atoms with van der Waals surface area (Å²) in [6.45, 7) is 8.04. The number of piperazine rings is 1. The molecule has 30 heavy (non-hydrogen) atoms. The van der Waals surface area contributed by atoms with Crippen LogP contribution >= 0.6 is 0 Å². The van der Waals surface area contributed by atoms with Crippen molar-refractivity contribution < 1.29 is 19.0 Å². The predicted molar refractivity (Wildman–Crippen MR) is 111 cm³/mol. The van der Waals surface area contributed by atoms with E-state index in [0.29, 0.717) is 50.6 Å². The second kappa shape index (κ2) is 9.30. The number of rotatable bonds is 5. The number of aromatic hydroxyl groups is 1. The number of ether oxygens (including phenoxy) is 1. The van der Waals surface area contributed by atoms with E-state index in [-0.39, 0.29) is 28.8 Å². The quantitative estimate of drug-likeness (QED) is 0.810. The van der Waals surface area contributed by atoms with Crippen LogP contribution in [-0.4, -0.2) is 58.4 Å². The lowest BCUT2D eigenvalue weighted by atomic mass is 9.96. The standard InChI is InChI=1S/C22H28FN3O4/c1-4-26-15(3)14-18(27)19(21(26)28)20(16-6-8-17(23)9-7-16)24-10-12-25(13-11-24)22(29)30-5-2/h6-9,14,20,27H,4-5,10-13H2,1-3H3/t20-/m1/s1. The van der Waals surface area contributed by atoms with E-state index in [2.05, 4.69) is 0 Å². The molecule has 162 valence electrons. The van der Waals surface area contributed by atoms with E-state index in [1.165, 1.54) is 12.1 Å². The molecule has 0 unspecified atom stereocenters. The van der Waals surface area contributed by atoms with Crippen LogP contribution in [-0.2, 0) is 11.3 Å². The Labute approximate surface area is 175 Å². The SMILES string of the molecule is CCOC(=O)N1CCN([C@H](c2ccc(F)cc2)c2c(O)cc(C)n(CC)c2=O)CC1. The van der Waals surface area contributed by atoms with Gasteiger partial charge in [0.05, 0.1) is 18.2 Å². The molecule has 3 rings (SSSR count). The van der Waals surface area contributed by atoms with Gasteiger partial charge in [0, 0.05) is 38.4 Å². The van der Waals surface area contributed by atoms with Crippen molar-refractivity contribution in [2.45, 2.75) is 33.4 Å². The minimum atomic E-state index is -0.555. The summed E-state index contributed by atoms with van der Waals surface area (Å²) in [7, 11) is 0. The van der Waals surface area contributed by atoms with E-state index in [9.17, 15) is 19.1 Å². The number of hydrogen-bond acceptors (Lipinski definition) is 5. The molecule has 0 radical (unpaired) electrons. The van der Waals surface area contributed by atoms with Crippen LogP contribution < -0.4 is 5.56 Å². The van der Waals surface area contributed by atoms with Crippen molar-refractivity contribution in [3.63, 3.8) is 0 Å². The maximum atomic E-state index is 13.6. The van der Waals surface area contributed by atoms with Gasteiger partial charge in [-0.1, -0.05) is 12.1 Å². The largest absolute Gasteiger partial charge is 0.507 e. The highest BCUT2D eigenvalue weighted by Gasteiger charge is 2.32. The van der Waals surface area contributed by atoms with Crippen molar-refractivity contribution in [1.82, 2.24) is 14.4 Å². The van der Waals surface area contributed by atoms with Crippen LogP contribution in [0.4, 0.5) is 9.18 Å². The second-order valence-electron chi connectivity index (χ2n) is 7.31. The van der Waals surface area contributed by atoms with Gasteiger partial charge in [0.2, 0.25) is 0 Å². The zero-order valence-corrected chi connectivity index (χ0v) is 17.6. The monoisotopic (exact) mass is 417 g/mol. The third-order valence-corrected chi connectivity index (χ3v) is 5.50. The van der Waals surface area contributed by atoms with E-state index in [4.69, 9.17) is 4.74 Å². The topological polar surface area (TPSA) is 75.0 Å². The van der Waals surface area contributed by atoms with Crippen molar-refractivity contribution in [2.24, 2.45) is 0 Å². The molecule has 1 aromatic carbocycles. The third kappa shape index (κ3) is 4.33.